The SMILES string of the molecule is CS(=O)(=O)Nc1ccc(NC(=O)Cc2cccc3ccccc23)cc1. The van der Waals surface area contributed by atoms with E-state index in [0.29, 0.717) is 11.4 Å². The van der Waals surface area contributed by atoms with Gasteiger partial charge in [0, 0.05) is 11.4 Å². The van der Waals surface area contributed by atoms with Crippen molar-refractivity contribution in [3.05, 3.63) is 72.3 Å². The molecule has 5 nitrogen and oxygen atoms in total. The smallest absolute Gasteiger partial charge is 0.229 e. The van der Waals surface area contributed by atoms with E-state index in [2.05, 4.69) is 10.0 Å². The summed E-state index contributed by atoms with van der Waals surface area (Å²) in [4.78, 5) is 12.3. The minimum atomic E-state index is -3.31. The predicted octanol–water partition coefficient (Wildman–Crippen LogP) is 3.39. The highest BCUT2D eigenvalue weighted by molar-refractivity contribution is 7.92. The van der Waals surface area contributed by atoms with Crippen LogP contribution >= 0.6 is 0 Å². The fraction of sp³-hybridized carbons (Fsp3) is 0.105. The molecule has 0 spiro atoms. The molecule has 3 aromatic rings. The standard InChI is InChI=1S/C19H18N2O3S/c1-25(23,24)21-17-11-9-16(10-12-17)20-19(22)13-15-7-4-6-14-5-2-3-8-18(14)15/h2-12,21H,13H2,1H3,(H,20,22). The van der Waals surface area contributed by atoms with Crippen molar-refractivity contribution < 1.29 is 13.2 Å². The third-order valence-electron chi connectivity index (χ3n) is 3.70. The summed E-state index contributed by atoms with van der Waals surface area (Å²) in [5, 5.41) is 4.99. The molecule has 0 aliphatic heterocycles. The van der Waals surface area contributed by atoms with Crippen LogP contribution in [0.5, 0.6) is 0 Å². The molecule has 0 saturated heterocycles. The highest BCUT2D eigenvalue weighted by Crippen LogP contribution is 2.20. The van der Waals surface area contributed by atoms with E-state index < -0.39 is 10.0 Å². The van der Waals surface area contributed by atoms with E-state index >= 15 is 0 Å². The average Bonchev–Trinajstić information content (AvgIpc) is 2.56. The molecule has 0 bridgehead atoms. The maximum Gasteiger partial charge on any atom is 0.229 e. The minimum Gasteiger partial charge on any atom is -0.326 e. The number of fused-ring (bicyclic) bond motifs is 1. The van der Waals surface area contributed by atoms with Gasteiger partial charge in [-0.25, -0.2) is 8.42 Å². The summed E-state index contributed by atoms with van der Waals surface area (Å²) >= 11 is 0. The summed E-state index contributed by atoms with van der Waals surface area (Å²) in [5.74, 6) is -0.125. The number of nitrogens with one attached hydrogen (secondary N) is 2. The maximum absolute atomic E-state index is 12.3. The molecule has 0 atom stereocenters. The lowest BCUT2D eigenvalue weighted by Gasteiger charge is -2.09. The van der Waals surface area contributed by atoms with Crippen LogP contribution in [0.2, 0.25) is 0 Å². The van der Waals surface area contributed by atoms with E-state index in [0.717, 1.165) is 22.6 Å². The van der Waals surface area contributed by atoms with E-state index in [4.69, 9.17) is 0 Å². The topological polar surface area (TPSA) is 75.3 Å². The molecule has 3 rings (SSSR count). The number of rotatable bonds is 5. The molecule has 0 radical (unpaired) electrons. The number of anilines is 2. The monoisotopic (exact) mass is 354 g/mol. The molecule has 1 amide bonds. The number of sulfonamides is 1. The number of hydrogen-bond donors (Lipinski definition) is 2. The van der Waals surface area contributed by atoms with Crippen LogP contribution in [0, 0.1) is 0 Å². The lowest BCUT2D eigenvalue weighted by molar-refractivity contribution is -0.115. The van der Waals surface area contributed by atoms with Gasteiger partial charge < -0.3 is 5.32 Å². The lowest BCUT2D eigenvalue weighted by atomic mass is 10.0. The van der Waals surface area contributed by atoms with Crippen molar-refractivity contribution in [2.24, 2.45) is 0 Å². The van der Waals surface area contributed by atoms with Gasteiger partial charge in [-0.1, -0.05) is 42.5 Å². The Morgan fingerprint density at radius 2 is 1.52 bits per heavy atom. The molecule has 0 fully saturated rings. The zero-order chi connectivity index (χ0) is 17.9. The molecule has 0 unspecified atom stereocenters. The van der Waals surface area contributed by atoms with Crippen molar-refractivity contribution in [2.75, 3.05) is 16.3 Å². The second-order valence-corrected chi connectivity index (χ2v) is 7.56. The Morgan fingerprint density at radius 1 is 0.880 bits per heavy atom. The summed E-state index contributed by atoms with van der Waals surface area (Å²) in [6.07, 6.45) is 1.36. The van der Waals surface area contributed by atoms with Gasteiger partial charge in [0.1, 0.15) is 0 Å². The quantitative estimate of drug-likeness (QED) is 0.737. The van der Waals surface area contributed by atoms with Gasteiger partial charge in [-0.15, -0.1) is 0 Å². The first-order valence-electron chi connectivity index (χ1n) is 7.75. The Labute approximate surface area is 146 Å². The van der Waals surface area contributed by atoms with Crippen molar-refractivity contribution in [2.45, 2.75) is 6.42 Å². The fourth-order valence-electron chi connectivity index (χ4n) is 2.66. The summed E-state index contributed by atoms with van der Waals surface area (Å²) in [6, 6.07) is 20.4. The number of amides is 1. The van der Waals surface area contributed by atoms with Gasteiger partial charge in [0.05, 0.1) is 12.7 Å². The van der Waals surface area contributed by atoms with Gasteiger partial charge in [-0.2, -0.15) is 0 Å². The largest absolute Gasteiger partial charge is 0.326 e. The maximum atomic E-state index is 12.3. The Hall–Kier alpha value is -2.86. The van der Waals surface area contributed by atoms with Crippen LogP contribution in [0.3, 0.4) is 0 Å². The Bertz CT molecular complexity index is 1010. The molecule has 3 aromatic carbocycles. The van der Waals surface area contributed by atoms with Crippen molar-refractivity contribution in [1.82, 2.24) is 0 Å². The van der Waals surface area contributed by atoms with Crippen LogP contribution in [0.1, 0.15) is 5.56 Å². The van der Waals surface area contributed by atoms with Crippen LogP contribution in [-0.2, 0) is 21.2 Å². The molecule has 0 aromatic heterocycles. The fourth-order valence-corrected chi connectivity index (χ4v) is 3.22. The highest BCUT2D eigenvalue weighted by atomic mass is 32.2. The van der Waals surface area contributed by atoms with Gasteiger partial charge in [-0.3, -0.25) is 9.52 Å². The second-order valence-electron chi connectivity index (χ2n) is 5.81. The third-order valence-corrected chi connectivity index (χ3v) is 4.31. The summed E-state index contributed by atoms with van der Waals surface area (Å²) in [7, 11) is -3.31. The van der Waals surface area contributed by atoms with Crippen LogP contribution < -0.4 is 10.0 Å². The molecular weight excluding hydrogens is 336 g/mol. The minimum absolute atomic E-state index is 0.125. The molecule has 25 heavy (non-hydrogen) atoms. The van der Waals surface area contributed by atoms with Gasteiger partial charge in [0.2, 0.25) is 15.9 Å². The zero-order valence-corrected chi connectivity index (χ0v) is 14.5. The first-order valence-corrected chi connectivity index (χ1v) is 9.64. The van der Waals surface area contributed by atoms with E-state index in [1.54, 1.807) is 24.3 Å². The molecular formula is C19H18N2O3S. The highest BCUT2D eigenvalue weighted by Gasteiger charge is 2.08. The van der Waals surface area contributed by atoms with Crippen molar-refractivity contribution in [3.8, 4) is 0 Å². The first kappa shape index (κ1) is 17.0. The molecule has 128 valence electrons. The van der Waals surface area contributed by atoms with Crippen LogP contribution in [-0.4, -0.2) is 20.6 Å². The molecule has 2 N–H and O–H groups in total. The third kappa shape index (κ3) is 4.58. The van der Waals surface area contributed by atoms with Crippen molar-refractivity contribution in [3.63, 3.8) is 0 Å². The van der Waals surface area contributed by atoms with Crippen molar-refractivity contribution in [1.29, 1.82) is 0 Å². The molecule has 6 heteroatoms. The van der Waals surface area contributed by atoms with E-state index in [-0.39, 0.29) is 12.3 Å². The van der Waals surface area contributed by atoms with E-state index in [9.17, 15) is 13.2 Å². The second kappa shape index (κ2) is 6.94. The van der Waals surface area contributed by atoms with E-state index in [1.165, 1.54) is 0 Å². The average molecular weight is 354 g/mol. The molecule has 0 aliphatic carbocycles. The Balaban J connectivity index is 1.70. The van der Waals surface area contributed by atoms with Gasteiger partial charge in [-0.05, 0) is 40.6 Å². The zero-order valence-electron chi connectivity index (χ0n) is 13.7. The molecule has 0 heterocycles. The first-order chi connectivity index (χ1) is 11.9. The Kier molecular flexibility index (Phi) is 4.72. The number of hydrogen-bond acceptors (Lipinski definition) is 3. The van der Waals surface area contributed by atoms with Gasteiger partial charge >= 0.3 is 0 Å². The molecule has 0 aliphatic rings. The summed E-state index contributed by atoms with van der Waals surface area (Å²) < 4.78 is 24.8. The van der Waals surface area contributed by atoms with Crippen LogP contribution in [0.4, 0.5) is 11.4 Å². The van der Waals surface area contributed by atoms with Crippen LogP contribution in [0.15, 0.2) is 66.7 Å². The van der Waals surface area contributed by atoms with Crippen molar-refractivity contribution >= 4 is 38.1 Å². The van der Waals surface area contributed by atoms with E-state index in [1.807, 2.05) is 42.5 Å². The number of carbonyl (C=O) groups excluding carboxylic acids is 1. The summed E-state index contributed by atoms with van der Waals surface area (Å²) in [5.41, 5.74) is 2.03. The summed E-state index contributed by atoms with van der Waals surface area (Å²) in [6.45, 7) is 0. The number of carbonyl (C=O) groups is 1. The Morgan fingerprint density at radius 3 is 2.24 bits per heavy atom. The van der Waals surface area contributed by atoms with Gasteiger partial charge in [0.15, 0.2) is 0 Å². The lowest BCUT2D eigenvalue weighted by Crippen LogP contribution is -2.14. The normalized spacial score (nSPS) is 11.2. The number of benzene rings is 3. The predicted molar refractivity (Wildman–Crippen MR) is 101 cm³/mol. The van der Waals surface area contributed by atoms with Gasteiger partial charge in [0.25, 0.3) is 0 Å². The molecule has 0 saturated carbocycles. The van der Waals surface area contributed by atoms with Crippen LogP contribution in [0.25, 0.3) is 10.8 Å².